The minimum atomic E-state index is -0.227. The summed E-state index contributed by atoms with van der Waals surface area (Å²) in [6.07, 6.45) is 1.41. The van der Waals surface area contributed by atoms with Gasteiger partial charge in [-0.3, -0.25) is 0 Å². The summed E-state index contributed by atoms with van der Waals surface area (Å²) in [7, 11) is 0. The zero-order valence-corrected chi connectivity index (χ0v) is 16.9. The number of hydrogen-bond donors (Lipinski definition) is 0. The van der Waals surface area contributed by atoms with Gasteiger partial charge in [0.1, 0.15) is 0 Å². The van der Waals surface area contributed by atoms with Crippen molar-refractivity contribution >= 4 is 36.4 Å². The molecule has 2 aromatic carbocycles. The Morgan fingerprint density at radius 1 is 1.04 bits per heavy atom. The number of nitriles is 1. The standard InChI is InChI=1S/C22H16N4OSe/c1-2-27-14-24-21-17(13-23)28-22-19(21)18(15-9-5-3-6-10-15)20(25-26-22)16-11-7-4-8-12-16/h3-12,14H,2H2,1H3. The summed E-state index contributed by atoms with van der Waals surface area (Å²) in [6, 6.07) is 22.3. The second-order valence-corrected chi connectivity index (χ2v) is 8.01. The first-order valence-corrected chi connectivity index (χ1v) is 10.5. The number of aromatic nitrogens is 2. The summed E-state index contributed by atoms with van der Waals surface area (Å²) in [6.45, 7) is 2.42. The number of benzene rings is 2. The number of ether oxygens (including phenoxy) is 1. The molecule has 0 spiro atoms. The van der Waals surface area contributed by atoms with E-state index in [1.807, 2.05) is 67.6 Å². The van der Waals surface area contributed by atoms with Crippen LogP contribution in [0.1, 0.15) is 11.4 Å². The summed E-state index contributed by atoms with van der Waals surface area (Å²) >= 11 is -0.227. The molecule has 0 aliphatic heterocycles. The Morgan fingerprint density at radius 3 is 2.36 bits per heavy atom. The first-order chi connectivity index (χ1) is 13.8. The summed E-state index contributed by atoms with van der Waals surface area (Å²) in [5.41, 5.74) is 4.36. The predicted octanol–water partition coefficient (Wildman–Crippen LogP) is 4.59. The molecular weight excluding hydrogens is 415 g/mol. The maximum atomic E-state index is 9.66. The van der Waals surface area contributed by atoms with Crippen molar-refractivity contribution in [3.8, 4) is 28.5 Å². The Balaban J connectivity index is 2.09. The van der Waals surface area contributed by atoms with E-state index in [0.29, 0.717) is 16.7 Å². The fourth-order valence-corrected chi connectivity index (χ4v) is 4.85. The van der Waals surface area contributed by atoms with E-state index in [0.717, 1.165) is 32.2 Å². The zero-order chi connectivity index (χ0) is 19.3. The van der Waals surface area contributed by atoms with Crippen LogP contribution in [0.15, 0.2) is 65.7 Å². The molecule has 0 aliphatic rings. The molecule has 0 saturated carbocycles. The van der Waals surface area contributed by atoms with Crippen LogP contribution in [0.2, 0.25) is 0 Å². The molecule has 0 radical (unpaired) electrons. The molecule has 0 N–H and O–H groups in total. The van der Waals surface area contributed by atoms with E-state index in [4.69, 9.17) is 4.74 Å². The fraction of sp³-hybridized carbons (Fsp3) is 0.0909. The van der Waals surface area contributed by atoms with Gasteiger partial charge in [-0.25, -0.2) is 0 Å². The summed E-state index contributed by atoms with van der Waals surface area (Å²) in [5, 5.41) is 19.6. The molecule has 0 saturated heterocycles. The van der Waals surface area contributed by atoms with Gasteiger partial charge in [0, 0.05) is 0 Å². The molecule has 0 aliphatic carbocycles. The number of aliphatic imine (C=N–C) groups is 1. The molecule has 0 fully saturated rings. The number of nitrogens with zero attached hydrogens (tertiary/aromatic N) is 4. The maximum absolute atomic E-state index is 9.66. The number of rotatable bonds is 5. The van der Waals surface area contributed by atoms with E-state index in [9.17, 15) is 5.26 Å². The molecule has 0 atom stereocenters. The molecule has 2 aromatic heterocycles. The number of hydrogen-bond acceptors (Lipinski definition) is 5. The summed E-state index contributed by atoms with van der Waals surface area (Å²) in [4.78, 5) is 4.49. The average Bonchev–Trinajstić information content (AvgIpc) is 3.12. The molecule has 6 heteroatoms. The van der Waals surface area contributed by atoms with E-state index in [1.165, 1.54) is 6.40 Å². The average molecular weight is 431 g/mol. The molecule has 4 aromatic rings. The van der Waals surface area contributed by atoms with Crippen LogP contribution in [0.3, 0.4) is 0 Å². The Hall–Kier alpha value is -3.26. The molecule has 0 amide bonds. The van der Waals surface area contributed by atoms with E-state index in [-0.39, 0.29) is 14.5 Å². The van der Waals surface area contributed by atoms with Gasteiger partial charge in [0.05, 0.1) is 0 Å². The van der Waals surface area contributed by atoms with Crippen LogP contribution >= 0.6 is 0 Å². The first-order valence-electron chi connectivity index (χ1n) is 8.81. The van der Waals surface area contributed by atoms with Gasteiger partial charge < -0.3 is 0 Å². The molecular formula is C22H16N4OSe. The normalized spacial score (nSPS) is 11.0. The second-order valence-electron chi connectivity index (χ2n) is 5.92. The minimum absolute atomic E-state index is 0.227. The van der Waals surface area contributed by atoms with Crippen molar-refractivity contribution in [2.45, 2.75) is 6.92 Å². The van der Waals surface area contributed by atoms with Crippen molar-refractivity contribution in [2.24, 2.45) is 4.99 Å². The van der Waals surface area contributed by atoms with Crippen LogP contribution in [0.4, 0.5) is 5.69 Å². The molecule has 2 heterocycles. The summed E-state index contributed by atoms with van der Waals surface area (Å²) in [5.74, 6) is 0. The van der Waals surface area contributed by atoms with Crippen LogP contribution in [-0.2, 0) is 4.74 Å². The van der Waals surface area contributed by atoms with Crippen LogP contribution in [0.25, 0.3) is 32.2 Å². The predicted molar refractivity (Wildman–Crippen MR) is 112 cm³/mol. The molecule has 28 heavy (non-hydrogen) atoms. The van der Waals surface area contributed by atoms with Crippen molar-refractivity contribution in [1.29, 1.82) is 5.26 Å². The van der Waals surface area contributed by atoms with E-state index < -0.39 is 0 Å². The molecule has 4 rings (SSSR count). The third-order valence-corrected chi connectivity index (χ3v) is 6.26. The molecule has 0 unspecified atom stereocenters. The third kappa shape index (κ3) is 3.34. The molecule has 0 bridgehead atoms. The topological polar surface area (TPSA) is 71.2 Å². The van der Waals surface area contributed by atoms with Crippen molar-refractivity contribution in [2.75, 3.05) is 6.61 Å². The fourth-order valence-electron chi connectivity index (χ4n) is 3.02. The van der Waals surface area contributed by atoms with Gasteiger partial charge in [0.15, 0.2) is 0 Å². The van der Waals surface area contributed by atoms with Crippen molar-refractivity contribution in [3.63, 3.8) is 0 Å². The third-order valence-electron chi connectivity index (χ3n) is 4.23. The molecule has 136 valence electrons. The van der Waals surface area contributed by atoms with Gasteiger partial charge in [-0.05, 0) is 0 Å². The first kappa shape index (κ1) is 18.1. The Kier molecular flexibility index (Phi) is 5.29. The van der Waals surface area contributed by atoms with Crippen LogP contribution < -0.4 is 0 Å². The quantitative estimate of drug-likeness (QED) is 0.263. The molecule has 5 nitrogen and oxygen atoms in total. The van der Waals surface area contributed by atoms with Gasteiger partial charge >= 0.3 is 169 Å². The number of fused-ring (bicyclic) bond motifs is 1. The van der Waals surface area contributed by atoms with E-state index in [2.05, 4.69) is 21.3 Å². The zero-order valence-electron chi connectivity index (χ0n) is 15.2. The van der Waals surface area contributed by atoms with Gasteiger partial charge in [0.25, 0.3) is 0 Å². The Morgan fingerprint density at radius 2 is 1.71 bits per heavy atom. The van der Waals surface area contributed by atoms with Gasteiger partial charge in [0.2, 0.25) is 0 Å². The van der Waals surface area contributed by atoms with E-state index in [1.54, 1.807) is 0 Å². The van der Waals surface area contributed by atoms with E-state index >= 15 is 0 Å². The SMILES string of the molecule is CCOC=Nc1c(C#N)[se]c2nnc(-c3ccccc3)c(-c3ccccc3)c12. The van der Waals surface area contributed by atoms with Gasteiger partial charge in [-0.1, -0.05) is 0 Å². The summed E-state index contributed by atoms with van der Waals surface area (Å²) < 4.78 is 6.76. The second kappa shape index (κ2) is 8.18. The van der Waals surface area contributed by atoms with Crippen molar-refractivity contribution in [1.82, 2.24) is 10.2 Å². The van der Waals surface area contributed by atoms with Crippen LogP contribution in [0, 0.1) is 11.3 Å². The van der Waals surface area contributed by atoms with Crippen molar-refractivity contribution < 1.29 is 4.74 Å². The van der Waals surface area contributed by atoms with Crippen LogP contribution in [-0.4, -0.2) is 37.7 Å². The van der Waals surface area contributed by atoms with Crippen LogP contribution in [0.5, 0.6) is 0 Å². The monoisotopic (exact) mass is 432 g/mol. The van der Waals surface area contributed by atoms with Gasteiger partial charge in [-0.2, -0.15) is 0 Å². The Labute approximate surface area is 168 Å². The van der Waals surface area contributed by atoms with Gasteiger partial charge in [-0.15, -0.1) is 0 Å². The van der Waals surface area contributed by atoms with Crippen molar-refractivity contribution in [3.05, 3.63) is 65.1 Å². The Bertz CT molecular complexity index is 1180.